The van der Waals surface area contributed by atoms with Crippen molar-refractivity contribution in [2.24, 2.45) is 4.99 Å². The summed E-state index contributed by atoms with van der Waals surface area (Å²) in [6.45, 7) is 0. The number of anilines is 1. The third-order valence-electron chi connectivity index (χ3n) is 3.90. The fourth-order valence-electron chi connectivity index (χ4n) is 2.64. The molecule has 6 nitrogen and oxygen atoms in total. The molecule has 0 spiro atoms. The van der Waals surface area contributed by atoms with Crippen LogP contribution in [-0.4, -0.2) is 16.5 Å². The summed E-state index contributed by atoms with van der Waals surface area (Å²) in [5, 5.41) is 10.2. The van der Waals surface area contributed by atoms with Gasteiger partial charge in [0.1, 0.15) is 23.2 Å². The molecule has 0 saturated carbocycles. The Balaban J connectivity index is 2.04. The van der Waals surface area contributed by atoms with Gasteiger partial charge in [-0.15, -0.1) is 0 Å². The Morgan fingerprint density at radius 3 is 2.73 bits per heavy atom. The van der Waals surface area contributed by atoms with E-state index >= 15 is 0 Å². The second-order valence-electron chi connectivity index (χ2n) is 5.45. The van der Waals surface area contributed by atoms with E-state index in [2.05, 4.69) is 16.0 Å². The molecule has 0 aliphatic carbocycles. The molecule has 2 aromatic carbocycles. The third kappa shape index (κ3) is 2.65. The smallest absolute Gasteiger partial charge is 0.198 e. The summed E-state index contributed by atoms with van der Waals surface area (Å²) < 4.78 is 7.99. The van der Waals surface area contributed by atoms with Crippen LogP contribution in [0.3, 0.4) is 0 Å². The van der Waals surface area contributed by atoms with Crippen molar-refractivity contribution in [1.29, 1.82) is 5.26 Å². The van der Waals surface area contributed by atoms with Crippen LogP contribution in [-0.2, 0) is 0 Å². The Bertz CT molecular complexity index is 1250. The minimum absolute atomic E-state index is 0.230. The average Bonchev–Trinajstić information content (AvgIpc) is 3.01. The fourth-order valence-corrected chi connectivity index (χ4v) is 3.82. The quantitative estimate of drug-likeness (QED) is 0.570. The normalized spacial score (nSPS) is 11.8. The zero-order chi connectivity index (χ0) is 18.3. The molecule has 2 aromatic heterocycles. The Hall–Kier alpha value is -3.08. The van der Waals surface area contributed by atoms with E-state index in [-0.39, 0.29) is 11.1 Å². The molecule has 0 aliphatic rings. The fraction of sp³-hybridized carbons (Fsp3) is 0.0556. The number of ether oxygens (including phenoxy) is 1. The molecule has 0 amide bonds. The molecule has 0 fully saturated rings. The maximum atomic E-state index is 9.59. The Morgan fingerprint density at radius 2 is 2.04 bits per heavy atom. The number of hydrogen-bond acceptors (Lipinski definition) is 6. The largest absolute Gasteiger partial charge is 0.497 e. The van der Waals surface area contributed by atoms with Gasteiger partial charge in [0.05, 0.1) is 23.0 Å². The SMILES string of the molecule is COc1ccc2c(c1)sc1nc(=Nc3ccc(Cl)cc3)c(C#N)c(N)n12. The van der Waals surface area contributed by atoms with Gasteiger partial charge >= 0.3 is 0 Å². The van der Waals surface area contributed by atoms with E-state index in [9.17, 15) is 5.26 Å². The molecule has 2 heterocycles. The molecule has 0 bridgehead atoms. The van der Waals surface area contributed by atoms with Crippen molar-refractivity contribution in [2.45, 2.75) is 0 Å². The predicted molar refractivity (Wildman–Crippen MR) is 103 cm³/mol. The first-order valence-electron chi connectivity index (χ1n) is 7.60. The number of benzene rings is 2. The second-order valence-corrected chi connectivity index (χ2v) is 6.89. The van der Waals surface area contributed by atoms with Gasteiger partial charge in [-0.25, -0.2) is 4.99 Å². The minimum atomic E-state index is 0.230. The molecular formula is C18H12ClN5OS. The van der Waals surface area contributed by atoms with Crippen LogP contribution in [0.15, 0.2) is 47.5 Å². The van der Waals surface area contributed by atoms with Gasteiger partial charge in [-0.2, -0.15) is 10.2 Å². The van der Waals surface area contributed by atoms with E-state index < -0.39 is 0 Å². The summed E-state index contributed by atoms with van der Waals surface area (Å²) in [4.78, 5) is 9.67. The molecule has 2 N–H and O–H groups in total. The number of thiazole rings is 1. The van der Waals surface area contributed by atoms with E-state index in [1.54, 1.807) is 35.8 Å². The van der Waals surface area contributed by atoms with E-state index in [1.165, 1.54) is 11.3 Å². The van der Waals surface area contributed by atoms with Crippen molar-refractivity contribution >= 4 is 49.6 Å². The molecule has 8 heteroatoms. The zero-order valence-corrected chi connectivity index (χ0v) is 15.2. The molecule has 0 saturated heterocycles. The highest BCUT2D eigenvalue weighted by Crippen LogP contribution is 2.30. The summed E-state index contributed by atoms with van der Waals surface area (Å²) in [7, 11) is 1.62. The average molecular weight is 382 g/mol. The van der Waals surface area contributed by atoms with Crippen LogP contribution in [0.25, 0.3) is 15.2 Å². The first-order chi connectivity index (χ1) is 12.6. The molecule has 0 atom stereocenters. The van der Waals surface area contributed by atoms with Crippen LogP contribution in [0.4, 0.5) is 11.5 Å². The van der Waals surface area contributed by atoms with Crippen LogP contribution >= 0.6 is 22.9 Å². The van der Waals surface area contributed by atoms with Crippen molar-refractivity contribution in [2.75, 3.05) is 12.8 Å². The van der Waals surface area contributed by atoms with Crippen molar-refractivity contribution in [1.82, 2.24) is 9.38 Å². The number of aromatic nitrogens is 2. The van der Waals surface area contributed by atoms with Crippen LogP contribution in [0.1, 0.15) is 5.56 Å². The first-order valence-corrected chi connectivity index (χ1v) is 8.79. The van der Waals surface area contributed by atoms with Gasteiger partial charge in [-0.05, 0) is 42.5 Å². The Kier molecular flexibility index (Phi) is 3.99. The zero-order valence-electron chi connectivity index (χ0n) is 13.6. The summed E-state index contributed by atoms with van der Waals surface area (Å²) in [5.74, 6) is 1.05. The standard InChI is InChI=1S/C18H12ClN5OS/c1-25-12-6-7-14-15(8-12)26-18-23-17(13(9-20)16(21)24(14)18)22-11-4-2-10(19)3-5-11/h2-8H,21H2,1H3. The van der Waals surface area contributed by atoms with Gasteiger partial charge in [-0.1, -0.05) is 22.9 Å². The molecule has 0 unspecified atom stereocenters. The molecule has 4 rings (SSSR count). The summed E-state index contributed by atoms with van der Waals surface area (Å²) in [6, 6.07) is 14.7. The monoisotopic (exact) mass is 381 g/mol. The summed E-state index contributed by atoms with van der Waals surface area (Å²) in [5.41, 5.74) is 8.31. The first kappa shape index (κ1) is 16.4. The molecule has 26 heavy (non-hydrogen) atoms. The Morgan fingerprint density at radius 1 is 1.27 bits per heavy atom. The maximum Gasteiger partial charge on any atom is 0.198 e. The van der Waals surface area contributed by atoms with E-state index in [0.29, 0.717) is 21.5 Å². The minimum Gasteiger partial charge on any atom is -0.497 e. The Labute approximate surface area is 157 Å². The lowest BCUT2D eigenvalue weighted by Crippen LogP contribution is -2.18. The number of methoxy groups -OCH3 is 1. The lowest BCUT2D eigenvalue weighted by molar-refractivity contribution is 0.415. The van der Waals surface area contributed by atoms with Gasteiger partial charge in [0.15, 0.2) is 10.4 Å². The topological polar surface area (TPSA) is 88.7 Å². The highest BCUT2D eigenvalue weighted by atomic mass is 35.5. The van der Waals surface area contributed by atoms with Crippen LogP contribution in [0.2, 0.25) is 5.02 Å². The van der Waals surface area contributed by atoms with E-state index in [0.717, 1.165) is 16.0 Å². The van der Waals surface area contributed by atoms with Crippen LogP contribution in [0.5, 0.6) is 5.75 Å². The molecule has 4 aromatic rings. The van der Waals surface area contributed by atoms with Crippen molar-refractivity contribution in [3.05, 3.63) is 58.5 Å². The molecular weight excluding hydrogens is 370 g/mol. The molecule has 0 radical (unpaired) electrons. The number of nitrogen functional groups attached to an aromatic ring is 1. The van der Waals surface area contributed by atoms with Gasteiger partial charge in [0.2, 0.25) is 0 Å². The van der Waals surface area contributed by atoms with Crippen molar-refractivity contribution in [3.63, 3.8) is 0 Å². The van der Waals surface area contributed by atoms with E-state index in [4.69, 9.17) is 22.1 Å². The second kappa shape index (κ2) is 6.33. The van der Waals surface area contributed by atoms with Gasteiger partial charge in [-0.3, -0.25) is 4.40 Å². The van der Waals surface area contributed by atoms with Crippen LogP contribution in [0, 0.1) is 11.3 Å². The van der Waals surface area contributed by atoms with E-state index in [1.807, 2.05) is 18.2 Å². The lowest BCUT2D eigenvalue weighted by Gasteiger charge is -2.04. The third-order valence-corrected chi connectivity index (χ3v) is 5.15. The highest BCUT2D eigenvalue weighted by Gasteiger charge is 2.14. The number of nitrogens with zero attached hydrogens (tertiary/aromatic N) is 4. The number of nitrogens with two attached hydrogens (primary N) is 1. The number of nitriles is 1. The highest BCUT2D eigenvalue weighted by molar-refractivity contribution is 7.23. The number of rotatable bonds is 2. The van der Waals surface area contributed by atoms with Gasteiger partial charge in [0, 0.05) is 5.02 Å². The lowest BCUT2D eigenvalue weighted by atomic mass is 10.3. The number of hydrogen-bond donors (Lipinski definition) is 1. The van der Waals surface area contributed by atoms with Crippen molar-refractivity contribution in [3.8, 4) is 11.8 Å². The molecule has 128 valence electrons. The van der Waals surface area contributed by atoms with Crippen molar-refractivity contribution < 1.29 is 4.74 Å². The summed E-state index contributed by atoms with van der Waals surface area (Å²) in [6.07, 6.45) is 0. The van der Waals surface area contributed by atoms with Gasteiger partial charge in [0.25, 0.3) is 0 Å². The number of halogens is 1. The predicted octanol–water partition coefficient (Wildman–Crippen LogP) is 3.90. The van der Waals surface area contributed by atoms with Gasteiger partial charge < -0.3 is 10.5 Å². The molecule has 0 aliphatic heterocycles. The van der Waals surface area contributed by atoms with Crippen LogP contribution < -0.4 is 16.0 Å². The number of fused-ring (bicyclic) bond motifs is 3. The maximum absolute atomic E-state index is 9.59. The summed E-state index contributed by atoms with van der Waals surface area (Å²) >= 11 is 7.36.